The number of aryl methyl sites for hydroxylation is 1. The molecule has 1 rings (SSSR count). The van der Waals surface area contributed by atoms with E-state index in [9.17, 15) is 13.2 Å². The summed E-state index contributed by atoms with van der Waals surface area (Å²) in [6, 6.07) is 1.23. The predicted octanol–water partition coefficient (Wildman–Crippen LogP) is 0.721. The van der Waals surface area contributed by atoms with Crippen molar-refractivity contribution in [3.8, 4) is 0 Å². The van der Waals surface area contributed by atoms with Gasteiger partial charge >= 0.3 is 5.97 Å². The Kier molecular flexibility index (Phi) is 3.94. The molecule has 0 saturated carbocycles. The third kappa shape index (κ3) is 3.31. The molecule has 0 fully saturated rings. The van der Waals surface area contributed by atoms with Crippen LogP contribution in [-0.2, 0) is 21.3 Å². The van der Waals surface area contributed by atoms with Crippen molar-refractivity contribution in [2.45, 2.75) is 38.3 Å². The molecule has 0 radical (unpaired) electrons. The molecule has 2 N–H and O–H groups in total. The minimum absolute atomic E-state index is 0.0879. The zero-order valence-electron chi connectivity index (χ0n) is 10.0. The molecular formula is C10H16N2O4S. The van der Waals surface area contributed by atoms with E-state index in [1.165, 1.54) is 16.8 Å². The van der Waals surface area contributed by atoms with Crippen molar-refractivity contribution in [2.75, 3.05) is 0 Å². The third-order valence-electron chi connectivity index (χ3n) is 2.09. The fourth-order valence-electron chi connectivity index (χ4n) is 1.35. The van der Waals surface area contributed by atoms with Crippen LogP contribution in [0.25, 0.3) is 0 Å². The molecule has 1 aromatic heterocycles. The Balaban J connectivity index is 3.16. The van der Waals surface area contributed by atoms with Crippen molar-refractivity contribution < 1.29 is 17.9 Å². The van der Waals surface area contributed by atoms with Crippen LogP contribution in [0.4, 0.5) is 0 Å². The summed E-state index contributed by atoms with van der Waals surface area (Å²) < 4.78 is 28.8. The maximum atomic E-state index is 11.7. The van der Waals surface area contributed by atoms with Gasteiger partial charge in [0, 0.05) is 12.7 Å². The molecule has 6 nitrogen and oxygen atoms in total. The molecule has 0 bridgehead atoms. The standard InChI is InChI=1S/C10H16N2O4S/c1-4-12-6-8(17(11,14)15)5-9(12)10(13)16-7(2)3/h5-7H,4H2,1-3H3,(H2,11,14,15). The number of nitrogens with two attached hydrogens (primary N) is 1. The van der Waals surface area contributed by atoms with Crippen molar-refractivity contribution in [2.24, 2.45) is 5.14 Å². The van der Waals surface area contributed by atoms with Crippen LogP contribution in [-0.4, -0.2) is 25.1 Å². The molecule has 7 heteroatoms. The van der Waals surface area contributed by atoms with Gasteiger partial charge in [-0.2, -0.15) is 0 Å². The zero-order valence-corrected chi connectivity index (χ0v) is 10.8. The van der Waals surface area contributed by atoms with Gasteiger partial charge in [0.1, 0.15) is 10.6 Å². The molecule has 96 valence electrons. The molecule has 0 atom stereocenters. The van der Waals surface area contributed by atoms with Crippen molar-refractivity contribution >= 4 is 16.0 Å². The second kappa shape index (κ2) is 4.89. The van der Waals surface area contributed by atoms with Gasteiger partial charge in [0.25, 0.3) is 0 Å². The molecule has 17 heavy (non-hydrogen) atoms. The number of carbonyl (C=O) groups excluding carboxylic acids is 1. The second-order valence-electron chi connectivity index (χ2n) is 3.85. The van der Waals surface area contributed by atoms with Crippen LogP contribution in [0.5, 0.6) is 0 Å². The number of sulfonamides is 1. The van der Waals surface area contributed by atoms with Crippen molar-refractivity contribution in [1.82, 2.24) is 4.57 Å². The molecule has 0 spiro atoms. The molecule has 0 saturated heterocycles. The first-order valence-corrected chi connectivity index (χ1v) is 6.74. The molecule has 1 aromatic rings. The largest absolute Gasteiger partial charge is 0.458 e. The quantitative estimate of drug-likeness (QED) is 0.807. The van der Waals surface area contributed by atoms with E-state index in [1.807, 2.05) is 0 Å². The SMILES string of the molecule is CCn1cc(S(N)(=O)=O)cc1C(=O)OC(C)C. The first-order valence-electron chi connectivity index (χ1n) is 5.19. The fourth-order valence-corrected chi connectivity index (χ4v) is 1.90. The Morgan fingerprint density at radius 2 is 2.12 bits per heavy atom. The highest BCUT2D eigenvalue weighted by molar-refractivity contribution is 7.89. The van der Waals surface area contributed by atoms with E-state index in [0.29, 0.717) is 6.54 Å². The number of ether oxygens (including phenoxy) is 1. The van der Waals surface area contributed by atoms with E-state index in [1.54, 1.807) is 20.8 Å². The van der Waals surface area contributed by atoms with Crippen LogP contribution < -0.4 is 5.14 Å². The van der Waals surface area contributed by atoms with E-state index in [-0.39, 0.29) is 16.7 Å². The van der Waals surface area contributed by atoms with Gasteiger partial charge in [0.2, 0.25) is 10.0 Å². The van der Waals surface area contributed by atoms with Gasteiger partial charge in [0.15, 0.2) is 0 Å². The Hall–Kier alpha value is -1.34. The first kappa shape index (κ1) is 13.7. The van der Waals surface area contributed by atoms with Gasteiger partial charge < -0.3 is 9.30 Å². The van der Waals surface area contributed by atoms with Crippen LogP contribution in [0, 0.1) is 0 Å². The van der Waals surface area contributed by atoms with Gasteiger partial charge in [-0.3, -0.25) is 0 Å². The molecule has 0 aliphatic carbocycles. The van der Waals surface area contributed by atoms with Crippen molar-refractivity contribution in [1.29, 1.82) is 0 Å². The zero-order chi connectivity index (χ0) is 13.2. The molecule has 0 aromatic carbocycles. The lowest BCUT2D eigenvalue weighted by molar-refractivity contribution is 0.0365. The van der Waals surface area contributed by atoms with Crippen molar-refractivity contribution in [3.05, 3.63) is 18.0 Å². The fraction of sp³-hybridized carbons (Fsp3) is 0.500. The summed E-state index contributed by atoms with van der Waals surface area (Å²) >= 11 is 0. The number of hydrogen-bond donors (Lipinski definition) is 1. The van der Waals surface area contributed by atoms with Crippen molar-refractivity contribution in [3.63, 3.8) is 0 Å². The van der Waals surface area contributed by atoms with Gasteiger partial charge in [-0.05, 0) is 26.8 Å². The minimum Gasteiger partial charge on any atom is -0.458 e. The maximum Gasteiger partial charge on any atom is 0.355 e. The van der Waals surface area contributed by atoms with Crippen LogP contribution in [0.2, 0.25) is 0 Å². The van der Waals surface area contributed by atoms with Gasteiger partial charge in [0.05, 0.1) is 6.10 Å². The number of nitrogens with zero attached hydrogens (tertiary/aromatic N) is 1. The number of primary sulfonamides is 1. The second-order valence-corrected chi connectivity index (χ2v) is 5.41. The first-order chi connectivity index (χ1) is 7.75. The average Bonchev–Trinajstić information content (AvgIpc) is 2.59. The highest BCUT2D eigenvalue weighted by Crippen LogP contribution is 2.14. The molecule has 0 aliphatic rings. The number of carbonyl (C=O) groups is 1. The Morgan fingerprint density at radius 3 is 2.53 bits per heavy atom. The van der Waals surface area contributed by atoms with Crippen LogP contribution in [0.3, 0.4) is 0 Å². The lowest BCUT2D eigenvalue weighted by atomic mass is 10.4. The normalized spacial score (nSPS) is 11.8. The highest BCUT2D eigenvalue weighted by Gasteiger charge is 2.19. The topological polar surface area (TPSA) is 91.4 Å². The minimum atomic E-state index is -3.81. The number of hydrogen-bond acceptors (Lipinski definition) is 4. The summed E-state index contributed by atoms with van der Waals surface area (Å²) in [5.74, 6) is -0.559. The Labute approximate surface area is 100 Å². The number of aromatic nitrogens is 1. The summed E-state index contributed by atoms with van der Waals surface area (Å²) in [4.78, 5) is 11.6. The van der Waals surface area contributed by atoms with Gasteiger partial charge in [-0.1, -0.05) is 0 Å². The molecular weight excluding hydrogens is 244 g/mol. The molecule has 0 unspecified atom stereocenters. The van der Waals surface area contributed by atoms with Crippen LogP contribution >= 0.6 is 0 Å². The van der Waals surface area contributed by atoms with Gasteiger partial charge in [-0.15, -0.1) is 0 Å². The average molecular weight is 260 g/mol. The lowest BCUT2D eigenvalue weighted by Gasteiger charge is -2.09. The Morgan fingerprint density at radius 1 is 1.53 bits per heavy atom. The summed E-state index contributed by atoms with van der Waals surface area (Å²) in [6.45, 7) is 5.69. The smallest absolute Gasteiger partial charge is 0.355 e. The summed E-state index contributed by atoms with van der Waals surface area (Å²) in [6.07, 6.45) is 1.06. The van der Waals surface area contributed by atoms with Crippen LogP contribution in [0.1, 0.15) is 31.3 Å². The van der Waals surface area contributed by atoms with Gasteiger partial charge in [-0.25, -0.2) is 18.4 Å². The molecule has 0 amide bonds. The predicted molar refractivity (Wildman–Crippen MR) is 62.0 cm³/mol. The van der Waals surface area contributed by atoms with E-state index >= 15 is 0 Å². The summed E-state index contributed by atoms with van der Waals surface area (Å²) in [5, 5.41) is 5.00. The molecule has 0 aliphatic heterocycles. The third-order valence-corrected chi connectivity index (χ3v) is 2.97. The summed E-state index contributed by atoms with van der Waals surface area (Å²) in [5.41, 5.74) is 0.185. The van der Waals surface area contributed by atoms with E-state index in [4.69, 9.17) is 9.88 Å². The Bertz CT molecular complexity index is 516. The van der Waals surface area contributed by atoms with E-state index in [0.717, 1.165) is 0 Å². The number of rotatable bonds is 4. The lowest BCUT2D eigenvalue weighted by Crippen LogP contribution is -2.15. The van der Waals surface area contributed by atoms with E-state index < -0.39 is 16.0 Å². The summed E-state index contributed by atoms with van der Waals surface area (Å²) in [7, 11) is -3.81. The molecule has 1 heterocycles. The monoisotopic (exact) mass is 260 g/mol. The number of esters is 1. The van der Waals surface area contributed by atoms with Crippen LogP contribution in [0.15, 0.2) is 17.2 Å². The van der Waals surface area contributed by atoms with E-state index in [2.05, 4.69) is 0 Å². The maximum absolute atomic E-state index is 11.7. The highest BCUT2D eigenvalue weighted by atomic mass is 32.2.